The van der Waals surface area contributed by atoms with E-state index < -0.39 is 36.3 Å². The third kappa shape index (κ3) is 7.93. The molecule has 0 bridgehead atoms. The molecule has 4 heterocycles. The van der Waals surface area contributed by atoms with Gasteiger partial charge in [0.1, 0.15) is 6.54 Å². The first kappa shape index (κ1) is 35.0. The summed E-state index contributed by atoms with van der Waals surface area (Å²) >= 11 is 0. The molecular weight excluding hydrogens is 635 g/mol. The number of hydrogen-bond acceptors (Lipinski definition) is 7. The highest BCUT2D eigenvalue weighted by Gasteiger charge is 2.39. The Hall–Kier alpha value is -4.87. The number of aryl methyl sites for hydroxylation is 1. The number of anilines is 1. The van der Waals surface area contributed by atoms with Crippen LogP contribution in [0.5, 0.6) is 0 Å². The third-order valence-corrected chi connectivity index (χ3v) is 7.81. The lowest BCUT2D eigenvalue weighted by Gasteiger charge is -2.38. The van der Waals surface area contributed by atoms with Crippen molar-refractivity contribution in [3.05, 3.63) is 53.2 Å². The number of aromatic nitrogens is 4. The molecule has 0 radical (unpaired) electrons. The van der Waals surface area contributed by atoms with Crippen LogP contribution in [0.25, 0.3) is 11.3 Å². The molecule has 2 fully saturated rings. The highest BCUT2D eigenvalue weighted by molar-refractivity contribution is 6.03. The van der Waals surface area contributed by atoms with Gasteiger partial charge in [-0.2, -0.15) is 18.3 Å². The van der Waals surface area contributed by atoms with E-state index >= 15 is 0 Å². The van der Waals surface area contributed by atoms with Crippen molar-refractivity contribution in [2.24, 2.45) is 13.0 Å². The molecule has 2 aliphatic heterocycles. The second-order valence-corrected chi connectivity index (χ2v) is 10.8. The predicted octanol–water partition coefficient (Wildman–Crippen LogP) is 2.59. The number of carbonyl (C=O) groups is 4. The average molecular weight is 669 g/mol. The molecule has 5 rings (SSSR count). The predicted molar refractivity (Wildman–Crippen MR) is 157 cm³/mol. The number of carboxylic acid groups (broad SMARTS) is 1. The van der Waals surface area contributed by atoms with Gasteiger partial charge >= 0.3 is 6.18 Å². The highest BCUT2D eigenvalue weighted by atomic mass is 19.4. The molecule has 3 aromatic rings. The van der Waals surface area contributed by atoms with Crippen molar-refractivity contribution in [1.29, 1.82) is 0 Å². The Morgan fingerprint density at radius 3 is 2.32 bits per heavy atom. The summed E-state index contributed by atoms with van der Waals surface area (Å²) in [6.45, 7) is 3.67. The topological polar surface area (TPSA) is 155 Å². The zero-order valence-corrected chi connectivity index (χ0v) is 25.4. The summed E-state index contributed by atoms with van der Waals surface area (Å²) in [5.74, 6) is -1.03. The molecule has 2 saturated heterocycles. The zero-order valence-electron chi connectivity index (χ0n) is 25.4. The van der Waals surface area contributed by atoms with E-state index in [2.05, 4.69) is 20.7 Å². The van der Waals surface area contributed by atoms with Gasteiger partial charge in [-0.25, -0.2) is 13.8 Å². The van der Waals surface area contributed by atoms with Crippen LogP contribution in [0.1, 0.15) is 39.2 Å². The maximum absolute atomic E-state index is 13.6. The summed E-state index contributed by atoms with van der Waals surface area (Å²) in [4.78, 5) is 54.8. The summed E-state index contributed by atoms with van der Waals surface area (Å²) in [5.41, 5.74) is -0.511. The Labute approximate surface area is 265 Å². The van der Waals surface area contributed by atoms with Crippen molar-refractivity contribution < 1.29 is 46.2 Å². The lowest BCUT2D eigenvalue weighted by atomic mass is 10.0. The summed E-state index contributed by atoms with van der Waals surface area (Å²) in [6.07, 6.45) is -5.47. The molecule has 18 heteroatoms. The molecule has 1 aromatic carbocycles. The molecule has 0 spiro atoms. The van der Waals surface area contributed by atoms with Gasteiger partial charge in [-0.15, -0.1) is 0 Å². The van der Waals surface area contributed by atoms with Crippen LogP contribution in [0.15, 0.2) is 30.6 Å². The van der Waals surface area contributed by atoms with Crippen molar-refractivity contribution in [1.82, 2.24) is 34.4 Å². The molecule has 3 N–H and O–H groups in total. The largest absolute Gasteiger partial charge is 0.483 e. The highest BCUT2D eigenvalue weighted by Crippen LogP contribution is 2.36. The maximum Gasteiger partial charge on any atom is 0.435 e. The monoisotopic (exact) mass is 668 g/mol. The van der Waals surface area contributed by atoms with Gasteiger partial charge in [-0.3, -0.25) is 23.9 Å². The smallest absolute Gasteiger partial charge is 0.435 e. The number of piperazine rings is 1. The normalized spacial score (nSPS) is 15.1. The van der Waals surface area contributed by atoms with E-state index in [-0.39, 0.29) is 35.7 Å². The van der Waals surface area contributed by atoms with Crippen molar-refractivity contribution in [3.63, 3.8) is 0 Å². The van der Waals surface area contributed by atoms with Crippen molar-refractivity contribution in [2.45, 2.75) is 32.5 Å². The number of rotatable bonds is 8. The summed E-state index contributed by atoms with van der Waals surface area (Å²) < 4.78 is 68.1. The quantitative estimate of drug-likeness (QED) is 0.245. The Balaban J connectivity index is 0.00000160. The maximum atomic E-state index is 13.6. The van der Waals surface area contributed by atoms with Crippen LogP contribution < -0.4 is 10.6 Å². The lowest BCUT2D eigenvalue weighted by Crippen LogP contribution is -2.57. The van der Waals surface area contributed by atoms with Gasteiger partial charge in [-0.05, 0) is 30.2 Å². The van der Waals surface area contributed by atoms with Gasteiger partial charge in [0, 0.05) is 63.8 Å². The van der Waals surface area contributed by atoms with Crippen molar-refractivity contribution in [3.8, 4) is 11.3 Å². The minimum atomic E-state index is -4.93. The number of nitrogens with one attached hydrogen (secondary N) is 2. The Bertz CT molecular complexity index is 1610. The minimum absolute atomic E-state index is 0.00152. The SMILES string of the molecule is CCc1cc(NC(=O)c2ncc(-c3cn(CC(F)F)nc3C(F)(F)F)n2C)ccc1C(=O)N1CCN(C(=O)C2CNC2)CC1.O=CO. The third-order valence-electron chi connectivity index (χ3n) is 7.81. The minimum Gasteiger partial charge on any atom is -0.483 e. The molecule has 3 amide bonds. The van der Waals surface area contributed by atoms with E-state index in [0.717, 1.165) is 17.0 Å². The van der Waals surface area contributed by atoms with Crippen molar-refractivity contribution >= 4 is 29.9 Å². The molecule has 0 unspecified atom stereocenters. The number of benzene rings is 1. The van der Waals surface area contributed by atoms with E-state index in [9.17, 15) is 36.3 Å². The second kappa shape index (κ2) is 14.7. The molecule has 13 nitrogen and oxygen atoms in total. The number of amides is 3. The standard InChI is InChI=1S/C28H31F5N8O3.CH2O2/c1-3-16-10-18(4-5-19(16)27(44)40-8-6-39(7-9-40)26(43)17-11-34-12-17)36-25(42)24-35-13-21(38(24)2)20-14-41(15-22(29)30)37-23(20)28(31,32)33;2-1-3/h4-5,10,13-14,17,22,34H,3,6-9,11-12,15H2,1-2H3,(H,36,42);1H,(H,2,3). The number of hydrogen-bond donors (Lipinski definition) is 3. The number of imidazole rings is 1. The molecule has 254 valence electrons. The first-order valence-corrected chi connectivity index (χ1v) is 14.5. The van der Waals surface area contributed by atoms with Gasteiger partial charge in [0.05, 0.1) is 23.4 Å². The fourth-order valence-corrected chi connectivity index (χ4v) is 5.31. The van der Waals surface area contributed by atoms with Gasteiger partial charge in [0.25, 0.3) is 24.7 Å². The average Bonchev–Trinajstić information content (AvgIpc) is 3.59. The first-order valence-electron chi connectivity index (χ1n) is 14.5. The Kier molecular flexibility index (Phi) is 10.9. The van der Waals surface area contributed by atoms with Gasteiger partial charge in [0.15, 0.2) is 11.5 Å². The molecule has 2 aromatic heterocycles. The van der Waals surface area contributed by atoms with E-state index in [4.69, 9.17) is 9.90 Å². The fraction of sp³-hybridized carbons (Fsp3) is 0.448. The van der Waals surface area contributed by atoms with Gasteiger partial charge < -0.3 is 30.1 Å². The Morgan fingerprint density at radius 2 is 1.77 bits per heavy atom. The molecule has 0 saturated carbocycles. The van der Waals surface area contributed by atoms with E-state index in [1.54, 1.807) is 28.0 Å². The molecule has 2 aliphatic rings. The molecule has 0 atom stereocenters. The lowest BCUT2D eigenvalue weighted by molar-refractivity contribution is -0.141. The second-order valence-electron chi connectivity index (χ2n) is 10.8. The van der Waals surface area contributed by atoms with Crippen LogP contribution in [0, 0.1) is 5.92 Å². The van der Waals surface area contributed by atoms with Crippen LogP contribution in [0.2, 0.25) is 0 Å². The van der Waals surface area contributed by atoms with E-state index in [1.165, 1.54) is 7.05 Å². The number of carbonyl (C=O) groups excluding carboxylic acids is 3. The first-order chi connectivity index (χ1) is 22.3. The van der Waals surface area contributed by atoms with Crippen LogP contribution in [0.3, 0.4) is 0 Å². The van der Waals surface area contributed by atoms with Crippen LogP contribution in [0.4, 0.5) is 27.6 Å². The number of alkyl halides is 5. The number of nitrogens with zero attached hydrogens (tertiary/aromatic N) is 6. The summed E-state index contributed by atoms with van der Waals surface area (Å²) in [5, 5.41) is 15.9. The van der Waals surface area contributed by atoms with Crippen LogP contribution in [-0.4, -0.2) is 104 Å². The van der Waals surface area contributed by atoms with E-state index in [0.29, 0.717) is 67.2 Å². The Morgan fingerprint density at radius 1 is 1.13 bits per heavy atom. The molecule has 0 aliphatic carbocycles. The van der Waals surface area contributed by atoms with Crippen LogP contribution >= 0.6 is 0 Å². The summed E-state index contributed by atoms with van der Waals surface area (Å²) in [7, 11) is 1.33. The number of halogens is 5. The fourth-order valence-electron chi connectivity index (χ4n) is 5.31. The van der Waals surface area contributed by atoms with Crippen molar-refractivity contribution in [2.75, 3.05) is 44.6 Å². The summed E-state index contributed by atoms with van der Waals surface area (Å²) in [6, 6.07) is 4.80. The molecular formula is C29H33F5N8O5. The van der Waals surface area contributed by atoms with E-state index in [1.807, 2.05) is 6.92 Å². The van der Waals surface area contributed by atoms with Crippen LogP contribution in [-0.2, 0) is 35.8 Å². The van der Waals surface area contributed by atoms with Gasteiger partial charge in [-0.1, -0.05) is 6.92 Å². The molecule has 47 heavy (non-hydrogen) atoms. The zero-order chi connectivity index (χ0) is 34.5. The van der Waals surface area contributed by atoms with Gasteiger partial charge in [0.2, 0.25) is 5.91 Å².